The van der Waals surface area contributed by atoms with Crippen molar-refractivity contribution in [3.8, 4) is 0 Å². The van der Waals surface area contributed by atoms with Gasteiger partial charge in [0, 0.05) is 65.3 Å². The van der Waals surface area contributed by atoms with E-state index < -0.39 is 0 Å². The fourth-order valence-corrected chi connectivity index (χ4v) is 4.99. The maximum atomic E-state index is 9.31. The number of H-pyrrole nitrogens is 4. The standard InChI is InChI=1S/C20H26N4OP4/c25-9-13-7-20(29)17(24-13)4-12-6-19(28)16(23-12)3-11-5-18(27)15(22-11)2-10-1-14(26)8-21-10/h1,5-8,21-25H,2-4,9,26-29H2. The maximum absolute atomic E-state index is 9.31. The summed E-state index contributed by atoms with van der Waals surface area (Å²) in [5, 5.41) is 14.0. The summed E-state index contributed by atoms with van der Waals surface area (Å²) in [7, 11) is 11.1. The summed E-state index contributed by atoms with van der Waals surface area (Å²) < 4.78 is 0. The molecule has 0 bridgehead atoms. The average molecular weight is 462 g/mol. The average Bonchev–Trinajstić information content (AvgIpc) is 3.41. The van der Waals surface area contributed by atoms with E-state index in [1.807, 2.05) is 12.3 Å². The van der Waals surface area contributed by atoms with Crippen LogP contribution in [0.2, 0.25) is 0 Å². The Kier molecular flexibility index (Phi) is 6.45. The van der Waals surface area contributed by atoms with Gasteiger partial charge in [-0.25, -0.2) is 0 Å². The lowest BCUT2D eigenvalue weighted by Crippen LogP contribution is -2.01. The molecule has 0 fully saturated rings. The van der Waals surface area contributed by atoms with Gasteiger partial charge < -0.3 is 25.0 Å². The largest absolute Gasteiger partial charge is 0.390 e. The Morgan fingerprint density at radius 1 is 0.621 bits per heavy atom. The highest BCUT2D eigenvalue weighted by Gasteiger charge is 2.12. The maximum Gasteiger partial charge on any atom is 0.0831 e. The number of hydrogen-bond acceptors (Lipinski definition) is 1. The van der Waals surface area contributed by atoms with Crippen LogP contribution >= 0.6 is 37.0 Å². The minimum atomic E-state index is 0.0274. The van der Waals surface area contributed by atoms with Gasteiger partial charge in [-0.1, -0.05) is 0 Å². The molecule has 29 heavy (non-hydrogen) atoms. The van der Waals surface area contributed by atoms with E-state index in [0.29, 0.717) is 0 Å². The summed E-state index contributed by atoms with van der Waals surface area (Å²) in [6.07, 6.45) is 4.45. The first kappa shape index (κ1) is 21.0. The van der Waals surface area contributed by atoms with Crippen LogP contribution in [0.15, 0.2) is 30.5 Å². The van der Waals surface area contributed by atoms with E-state index in [0.717, 1.165) is 41.6 Å². The number of aliphatic hydroxyl groups is 1. The number of aromatic nitrogens is 4. The molecule has 4 rings (SSSR count). The van der Waals surface area contributed by atoms with Gasteiger partial charge in [-0.3, -0.25) is 0 Å². The highest BCUT2D eigenvalue weighted by molar-refractivity contribution is 7.28. The van der Waals surface area contributed by atoms with Gasteiger partial charge in [-0.05, 0) is 45.5 Å². The third-order valence-corrected chi connectivity index (χ3v) is 6.88. The summed E-state index contributed by atoms with van der Waals surface area (Å²) in [5.41, 5.74) is 7.88. The molecule has 0 saturated heterocycles. The molecular weight excluding hydrogens is 436 g/mol. The van der Waals surface area contributed by atoms with E-state index in [-0.39, 0.29) is 6.61 Å². The Morgan fingerprint density at radius 3 is 1.48 bits per heavy atom. The Hall–Kier alpha value is -1.20. The minimum Gasteiger partial charge on any atom is -0.390 e. The summed E-state index contributed by atoms with van der Waals surface area (Å²) in [6.45, 7) is 0.0274. The molecule has 0 aliphatic heterocycles. The fourth-order valence-electron chi connectivity index (χ4n) is 3.58. The zero-order chi connectivity index (χ0) is 20.5. The molecule has 4 aromatic rings. The smallest absolute Gasteiger partial charge is 0.0831 e. The summed E-state index contributed by atoms with van der Waals surface area (Å²) in [6, 6.07) is 8.50. The number of aliphatic hydroxyl groups excluding tert-OH is 1. The normalized spacial score (nSPS) is 11.5. The van der Waals surface area contributed by atoms with E-state index in [2.05, 4.69) is 75.1 Å². The lowest BCUT2D eigenvalue weighted by molar-refractivity contribution is 0.277. The molecule has 152 valence electrons. The predicted molar refractivity (Wildman–Crippen MR) is 135 cm³/mol. The van der Waals surface area contributed by atoms with Crippen molar-refractivity contribution in [2.75, 3.05) is 0 Å². The van der Waals surface area contributed by atoms with Crippen LogP contribution in [-0.2, 0) is 25.9 Å². The van der Waals surface area contributed by atoms with Crippen molar-refractivity contribution in [3.05, 3.63) is 70.3 Å². The molecule has 0 aromatic carbocycles. The van der Waals surface area contributed by atoms with Gasteiger partial charge in [0.1, 0.15) is 0 Å². The Bertz CT molecular complexity index is 1140. The molecule has 9 heteroatoms. The first-order chi connectivity index (χ1) is 13.9. The third kappa shape index (κ3) is 4.93. The molecule has 4 atom stereocenters. The van der Waals surface area contributed by atoms with Gasteiger partial charge in [0.05, 0.1) is 6.61 Å². The molecule has 5 nitrogen and oxygen atoms in total. The number of nitrogens with one attached hydrogen (secondary N) is 4. The van der Waals surface area contributed by atoms with Crippen molar-refractivity contribution in [1.82, 2.24) is 19.9 Å². The lowest BCUT2D eigenvalue weighted by Gasteiger charge is -2.01. The van der Waals surface area contributed by atoms with Crippen LogP contribution in [0.4, 0.5) is 0 Å². The predicted octanol–water partition coefficient (Wildman–Crippen LogP) is 1.27. The second-order valence-electron chi connectivity index (χ2n) is 7.33. The molecule has 4 unspecified atom stereocenters. The van der Waals surface area contributed by atoms with Crippen molar-refractivity contribution in [2.24, 2.45) is 0 Å². The van der Waals surface area contributed by atoms with E-state index in [1.54, 1.807) is 0 Å². The molecule has 0 spiro atoms. The molecular formula is C20H26N4OP4. The molecule has 0 saturated carbocycles. The topological polar surface area (TPSA) is 83.4 Å². The van der Waals surface area contributed by atoms with Crippen LogP contribution in [0.1, 0.15) is 39.9 Å². The number of aromatic amines is 4. The number of hydrogen-bond donors (Lipinski definition) is 5. The van der Waals surface area contributed by atoms with E-state index >= 15 is 0 Å². The van der Waals surface area contributed by atoms with E-state index in [9.17, 15) is 5.11 Å². The molecule has 0 aliphatic carbocycles. The van der Waals surface area contributed by atoms with E-state index in [1.165, 1.54) is 38.7 Å². The lowest BCUT2D eigenvalue weighted by atomic mass is 10.2. The molecule has 0 aliphatic rings. The van der Waals surface area contributed by atoms with Crippen molar-refractivity contribution >= 4 is 58.2 Å². The molecule has 0 amide bonds. The summed E-state index contributed by atoms with van der Waals surface area (Å²) in [4.78, 5) is 13.7. The van der Waals surface area contributed by atoms with Crippen LogP contribution in [-0.4, -0.2) is 25.0 Å². The molecule has 5 N–H and O–H groups in total. The Balaban J connectivity index is 1.48. The summed E-state index contributed by atoms with van der Waals surface area (Å²) >= 11 is 0. The van der Waals surface area contributed by atoms with Crippen LogP contribution in [0.3, 0.4) is 0 Å². The van der Waals surface area contributed by atoms with Crippen LogP contribution in [0.25, 0.3) is 0 Å². The van der Waals surface area contributed by atoms with E-state index in [4.69, 9.17) is 0 Å². The zero-order valence-electron chi connectivity index (χ0n) is 16.0. The third-order valence-electron chi connectivity index (χ3n) is 5.01. The first-order valence-corrected chi connectivity index (χ1v) is 11.6. The van der Waals surface area contributed by atoms with Gasteiger partial charge in [-0.2, -0.15) is 0 Å². The van der Waals surface area contributed by atoms with Gasteiger partial charge in [-0.15, -0.1) is 37.0 Å². The van der Waals surface area contributed by atoms with Crippen LogP contribution in [0.5, 0.6) is 0 Å². The molecule has 4 aromatic heterocycles. The fraction of sp³-hybridized carbons (Fsp3) is 0.200. The minimum absolute atomic E-state index is 0.0274. The second kappa shape index (κ2) is 8.89. The van der Waals surface area contributed by atoms with Gasteiger partial charge >= 0.3 is 0 Å². The monoisotopic (exact) mass is 462 g/mol. The van der Waals surface area contributed by atoms with Crippen molar-refractivity contribution in [2.45, 2.75) is 25.9 Å². The van der Waals surface area contributed by atoms with Crippen molar-refractivity contribution < 1.29 is 5.11 Å². The Morgan fingerprint density at radius 2 is 1.07 bits per heavy atom. The SMILES string of the molecule is OCc1cc(P)c(Cc2cc(P)c(Cc3cc(P)c(Cc4cc(P)c[nH]4)[nH]3)[nH]2)[nH]1. The van der Waals surface area contributed by atoms with Gasteiger partial charge in [0.25, 0.3) is 0 Å². The number of rotatable bonds is 7. The van der Waals surface area contributed by atoms with Gasteiger partial charge in [0.15, 0.2) is 0 Å². The van der Waals surface area contributed by atoms with Gasteiger partial charge in [0.2, 0.25) is 0 Å². The van der Waals surface area contributed by atoms with Crippen LogP contribution < -0.4 is 21.2 Å². The quantitative estimate of drug-likeness (QED) is 0.264. The molecule has 0 radical (unpaired) electrons. The van der Waals surface area contributed by atoms with Crippen molar-refractivity contribution in [1.29, 1.82) is 0 Å². The first-order valence-electron chi connectivity index (χ1n) is 9.33. The summed E-state index contributed by atoms with van der Waals surface area (Å²) in [5.74, 6) is 0. The highest BCUT2D eigenvalue weighted by atomic mass is 31.0. The highest BCUT2D eigenvalue weighted by Crippen LogP contribution is 2.15. The van der Waals surface area contributed by atoms with Crippen molar-refractivity contribution in [3.63, 3.8) is 0 Å². The molecule has 4 heterocycles. The second-order valence-corrected chi connectivity index (χ2v) is 9.86. The zero-order valence-corrected chi connectivity index (χ0v) is 20.6. The van der Waals surface area contributed by atoms with Crippen LogP contribution in [0, 0.1) is 0 Å². The Labute approximate surface area is 179 Å².